The summed E-state index contributed by atoms with van der Waals surface area (Å²) in [5.41, 5.74) is 0. The molecule has 2 radical (unpaired) electrons. The molecule has 0 heterocycles. The third kappa shape index (κ3) is 2.97. The van der Waals surface area contributed by atoms with Gasteiger partial charge in [0.2, 0.25) is 0 Å². The molecule has 2 aromatic rings. The van der Waals surface area contributed by atoms with Gasteiger partial charge in [0.15, 0.2) is 0 Å². The molecule has 2 nitrogen and oxygen atoms in total. The summed E-state index contributed by atoms with van der Waals surface area (Å²) in [4.78, 5) is 10.0. The minimum Gasteiger partial charge on any atom is -0.338 e. The van der Waals surface area contributed by atoms with Crippen LogP contribution < -0.4 is 10.6 Å². The average Bonchev–Trinajstić information content (AvgIpc) is 2.31. The first-order chi connectivity index (χ1) is 7.21. The molecule has 4 heteroatoms. The standard InChI is InChI=1S/C12H11O2P.Ca/c13-15(14,11-7-3-1-4-8-11)12-9-5-2-6-10-12;/h1-10H,(H,13,14);. The van der Waals surface area contributed by atoms with Gasteiger partial charge in [0.1, 0.15) is 0 Å². The zero-order chi connectivity index (χ0) is 10.7. The summed E-state index contributed by atoms with van der Waals surface area (Å²) in [6, 6.07) is 17.4. The molecular formula is C12H11CaO2P. The van der Waals surface area contributed by atoms with Crippen molar-refractivity contribution in [3.63, 3.8) is 0 Å². The maximum atomic E-state index is 12.2. The summed E-state index contributed by atoms with van der Waals surface area (Å²) in [5.74, 6) is 0. The van der Waals surface area contributed by atoms with E-state index in [4.69, 9.17) is 0 Å². The normalized spacial score (nSPS) is 10.6. The first-order valence-corrected chi connectivity index (χ1v) is 6.31. The fraction of sp³-hybridized carbons (Fsp3) is 0. The Bertz CT molecular complexity index is 441. The Labute approximate surface area is 125 Å². The SMILES string of the molecule is O=P(O)(c1ccccc1)c1ccccc1.[Ca]. The van der Waals surface area contributed by atoms with E-state index < -0.39 is 7.37 Å². The van der Waals surface area contributed by atoms with Crippen LogP contribution in [0.2, 0.25) is 0 Å². The number of hydrogen-bond acceptors (Lipinski definition) is 1. The van der Waals surface area contributed by atoms with E-state index in [0.717, 1.165) is 0 Å². The predicted molar refractivity (Wildman–Crippen MR) is 67.7 cm³/mol. The molecule has 0 atom stereocenters. The van der Waals surface area contributed by atoms with Gasteiger partial charge in [-0.1, -0.05) is 36.4 Å². The maximum Gasteiger partial charge on any atom is 0.258 e. The van der Waals surface area contributed by atoms with E-state index in [0.29, 0.717) is 10.6 Å². The van der Waals surface area contributed by atoms with Crippen molar-refractivity contribution in [2.45, 2.75) is 0 Å². The van der Waals surface area contributed by atoms with Gasteiger partial charge < -0.3 is 4.89 Å². The molecule has 2 rings (SSSR count). The summed E-state index contributed by atoms with van der Waals surface area (Å²) >= 11 is 0. The van der Waals surface area contributed by atoms with Crippen molar-refractivity contribution >= 4 is 55.7 Å². The molecule has 0 fully saturated rings. The van der Waals surface area contributed by atoms with Crippen LogP contribution in [0.3, 0.4) is 0 Å². The van der Waals surface area contributed by atoms with E-state index in [-0.39, 0.29) is 37.7 Å². The van der Waals surface area contributed by atoms with Gasteiger partial charge in [-0.05, 0) is 24.3 Å². The minimum atomic E-state index is -3.40. The first-order valence-electron chi connectivity index (χ1n) is 4.65. The number of rotatable bonds is 2. The van der Waals surface area contributed by atoms with Crippen LogP contribution in [0, 0.1) is 0 Å². The smallest absolute Gasteiger partial charge is 0.258 e. The molecule has 16 heavy (non-hydrogen) atoms. The topological polar surface area (TPSA) is 37.3 Å². The molecule has 0 amide bonds. The Morgan fingerprint density at radius 2 is 1.06 bits per heavy atom. The van der Waals surface area contributed by atoms with Crippen molar-refractivity contribution < 1.29 is 9.46 Å². The van der Waals surface area contributed by atoms with Crippen LogP contribution >= 0.6 is 7.37 Å². The summed E-state index contributed by atoms with van der Waals surface area (Å²) in [6.07, 6.45) is 0. The van der Waals surface area contributed by atoms with Crippen molar-refractivity contribution in [1.29, 1.82) is 0 Å². The second-order valence-corrected chi connectivity index (χ2v) is 5.43. The zero-order valence-electron chi connectivity index (χ0n) is 8.78. The van der Waals surface area contributed by atoms with Gasteiger partial charge >= 0.3 is 0 Å². The Morgan fingerprint density at radius 3 is 1.38 bits per heavy atom. The van der Waals surface area contributed by atoms with E-state index >= 15 is 0 Å². The van der Waals surface area contributed by atoms with E-state index in [9.17, 15) is 9.46 Å². The van der Waals surface area contributed by atoms with Gasteiger partial charge in [0.05, 0.1) is 0 Å². The van der Waals surface area contributed by atoms with Crippen molar-refractivity contribution in [1.82, 2.24) is 0 Å². The van der Waals surface area contributed by atoms with E-state index in [1.54, 1.807) is 48.5 Å². The monoisotopic (exact) mass is 258 g/mol. The van der Waals surface area contributed by atoms with Gasteiger partial charge in [-0.3, -0.25) is 4.57 Å². The molecule has 1 N–H and O–H groups in total. The Kier molecular flexibility index (Phi) is 5.23. The van der Waals surface area contributed by atoms with Crippen LogP contribution in [0.1, 0.15) is 0 Å². The summed E-state index contributed by atoms with van der Waals surface area (Å²) < 4.78 is 12.2. The molecule has 78 valence electrons. The number of hydrogen-bond donors (Lipinski definition) is 1. The Balaban J connectivity index is 0.00000128. The molecule has 0 aliphatic rings. The predicted octanol–water partition coefficient (Wildman–Crippen LogP) is 1.53. The van der Waals surface area contributed by atoms with Gasteiger partial charge in [-0.2, -0.15) is 0 Å². The van der Waals surface area contributed by atoms with Crippen molar-refractivity contribution in [3.8, 4) is 0 Å². The Hall–Kier alpha value is -0.110. The van der Waals surface area contributed by atoms with Crippen LogP contribution in [0.15, 0.2) is 60.7 Å². The fourth-order valence-corrected chi connectivity index (χ4v) is 2.86. The van der Waals surface area contributed by atoms with Crippen LogP contribution in [0.25, 0.3) is 0 Å². The van der Waals surface area contributed by atoms with E-state index in [1.807, 2.05) is 12.1 Å². The minimum absolute atomic E-state index is 0. The molecule has 0 saturated heterocycles. The van der Waals surface area contributed by atoms with Crippen LogP contribution in [0.4, 0.5) is 0 Å². The fourth-order valence-electron chi connectivity index (χ4n) is 1.41. The number of benzene rings is 2. The van der Waals surface area contributed by atoms with Gasteiger partial charge in [-0.15, -0.1) is 0 Å². The molecule has 0 saturated carbocycles. The van der Waals surface area contributed by atoms with Crippen LogP contribution in [-0.2, 0) is 4.57 Å². The summed E-state index contributed by atoms with van der Waals surface area (Å²) in [5, 5.41) is 0.937. The van der Waals surface area contributed by atoms with Crippen molar-refractivity contribution in [2.75, 3.05) is 0 Å². The average molecular weight is 258 g/mol. The van der Waals surface area contributed by atoms with Gasteiger partial charge in [-0.25, -0.2) is 0 Å². The second kappa shape index (κ2) is 6.00. The molecule has 0 aliphatic heterocycles. The van der Waals surface area contributed by atoms with Crippen LogP contribution in [-0.4, -0.2) is 42.6 Å². The van der Waals surface area contributed by atoms with E-state index in [2.05, 4.69) is 0 Å². The van der Waals surface area contributed by atoms with Crippen LogP contribution in [0.5, 0.6) is 0 Å². The third-order valence-electron chi connectivity index (χ3n) is 2.21. The largest absolute Gasteiger partial charge is 0.338 e. The molecule has 0 spiro atoms. The maximum absolute atomic E-state index is 12.2. The molecule has 0 unspecified atom stereocenters. The zero-order valence-corrected chi connectivity index (χ0v) is 11.9. The van der Waals surface area contributed by atoms with Gasteiger partial charge in [0, 0.05) is 48.3 Å². The third-order valence-corrected chi connectivity index (χ3v) is 4.21. The molecule has 0 aliphatic carbocycles. The van der Waals surface area contributed by atoms with Gasteiger partial charge in [0.25, 0.3) is 7.37 Å². The molecular weight excluding hydrogens is 247 g/mol. The molecule has 0 bridgehead atoms. The first kappa shape index (κ1) is 14.0. The Morgan fingerprint density at radius 1 is 0.750 bits per heavy atom. The van der Waals surface area contributed by atoms with E-state index in [1.165, 1.54) is 0 Å². The second-order valence-electron chi connectivity index (χ2n) is 3.25. The summed E-state index contributed by atoms with van der Waals surface area (Å²) in [7, 11) is -3.40. The quantitative estimate of drug-likeness (QED) is 0.655. The van der Waals surface area contributed by atoms with Crippen molar-refractivity contribution in [3.05, 3.63) is 60.7 Å². The molecule has 2 aromatic carbocycles. The summed E-state index contributed by atoms with van der Waals surface area (Å²) in [6.45, 7) is 0. The molecule has 0 aromatic heterocycles. The van der Waals surface area contributed by atoms with Crippen molar-refractivity contribution in [2.24, 2.45) is 0 Å².